The molecule has 0 spiro atoms. The van der Waals surface area contributed by atoms with Crippen molar-refractivity contribution in [2.75, 3.05) is 6.54 Å². The number of hydrogen-bond donors (Lipinski definition) is 1. The zero-order chi connectivity index (χ0) is 9.07. The summed E-state index contributed by atoms with van der Waals surface area (Å²) in [6.07, 6.45) is 15.9. The van der Waals surface area contributed by atoms with E-state index in [4.69, 9.17) is 5.73 Å². The Kier molecular flexibility index (Phi) is 9.03. The summed E-state index contributed by atoms with van der Waals surface area (Å²) in [5.74, 6) is 0. The Morgan fingerprint density at radius 3 is 2.33 bits per heavy atom. The first-order valence-electron chi connectivity index (χ1n) is 4.21. The Balaban J connectivity index is 3.36. The van der Waals surface area contributed by atoms with Crippen molar-refractivity contribution in [1.82, 2.24) is 0 Å². The highest BCUT2D eigenvalue weighted by atomic mass is 14.5. The molecule has 0 bridgehead atoms. The predicted octanol–water partition coefficient (Wildman–Crippen LogP) is 2.58. The van der Waals surface area contributed by atoms with E-state index in [0.717, 1.165) is 19.4 Å². The normalized spacial score (nSPS) is 12.1. The molecule has 66 valence electrons. The second kappa shape index (κ2) is 9.92. The molecule has 0 heterocycles. The zero-order valence-electron chi connectivity index (χ0n) is 7.45. The standard InChI is InChI=1S/C11H17N/c1-2-3-4-5-6-7-8-9-10-11-12/h2-4,6-9H,1,5,10-12H2/b4-3-,7-6-,9-8-. The lowest BCUT2D eigenvalue weighted by molar-refractivity contribution is 1.01. The van der Waals surface area contributed by atoms with Crippen molar-refractivity contribution in [1.29, 1.82) is 0 Å². The largest absolute Gasteiger partial charge is 0.330 e. The van der Waals surface area contributed by atoms with Crippen LogP contribution in [0.2, 0.25) is 0 Å². The van der Waals surface area contributed by atoms with Crippen LogP contribution < -0.4 is 5.73 Å². The van der Waals surface area contributed by atoms with E-state index in [2.05, 4.69) is 24.8 Å². The van der Waals surface area contributed by atoms with E-state index in [1.807, 2.05) is 18.2 Å². The average Bonchev–Trinajstić information content (AvgIpc) is 2.10. The van der Waals surface area contributed by atoms with Crippen LogP contribution in [0.15, 0.2) is 49.1 Å². The van der Waals surface area contributed by atoms with E-state index >= 15 is 0 Å². The van der Waals surface area contributed by atoms with Gasteiger partial charge in [-0.15, -0.1) is 0 Å². The first kappa shape index (κ1) is 10.9. The predicted molar refractivity (Wildman–Crippen MR) is 55.9 cm³/mol. The van der Waals surface area contributed by atoms with Gasteiger partial charge < -0.3 is 5.73 Å². The fourth-order valence-corrected chi connectivity index (χ4v) is 0.682. The molecule has 0 aromatic heterocycles. The minimum atomic E-state index is 0.723. The van der Waals surface area contributed by atoms with E-state index in [1.54, 1.807) is 6.08 Å². The number of hydrogen-bond acceptors (Lipinski definition) is 1. The van der Waals surface area contributed by atoms with Gasteiger partial charge in [-0.25, -0.2) is 0 Å². The van der Waals surface area contributed by atoms with E-state index < -0.39 is 0 Å². The minimum absolute atomic E-state index is 0.723. The van der Waals surface area contributed by atoms with Crippen LogP contribution in [0, 0.1) is 0 Å². The van der Waals surface area contributed by atoms with Gasteiger partial charge in [-0.2, -0.15) is 0 Å². The van der Waals surface area contributed by atoms with Gasteiger partial charge in [-0.1, -0.05) is 49.1 Å². The molecule has 0 aliphatic carbocycles. The monoisotopic (exact) mass is 163 g/mol. The summed E-state index contributed by atoms with van der Waals surface area (Å²) in [7, 11) is 0. The molecule has 0 aliphatic heterocycles. The quantitative estimate of drug-likeness (QED) is 0.598. The van der Waals surface area contributed by atoms with Crippen LogP contribution in [0.1, 0.15) is 12.8 Å². The summed E-state index contributed by atoms with van der Waals surface area (Å²) in [6, 6.07) is 0. The van der Waals surface area contributed by atoms with Crippen molar-refractivity contribution in [2.24, 2.45) is 5.73 Å². The first-order chi connectivity index (χ1) is 5.91. The summed E-state index contributed by atoms with van der Waals surface area (Å²) in [6.45, 7) is 4.30. The van der Waals surface area contributed by atoms with Gasteiger partial charge >= 0.3 is 0 Å². The lowest BCUT2D eigenvalue weighted by Crippen LogP contribution is -1.94. The third kappa shape index (κ3) is 8.92. The fourth-order valence-electron chi connectivity index (χ4n) is 0.682. The van der Waals surface area contributed by atoms with E-state index in [1.165, 1.54) is 0 Å². The van der Waals surface area contributed by atoms with E-state index in [0.29, 0.717) is 0 Å². The van der Waals surface area contributed by atoms with Gasteiger partial charge in [0.2, 0.25) is 0 Å². The Labute approximate surface area is 75.0 Å². The summed E-state index contributed by atoms with van der Waals surface area (Å²) < 4.78 is 0. The van der Waals surface area contributed by atoms with Crippen LogP contribution in [-0.2, 0) is 0 Å². The Morgan fingerprint density at radius 1 is 1.00 bits per heavy atom. The topological polar surface area (TPSA) is 26.0 Å². The third-order valence-electron chi connectivity index (χ3n) is 1.26. The van der Waals surface area contributed by atoms with Crippen LogP contribution in [0.4, 0.5) is 0 Å². The maximum atomic E-state index is 5.31. The molecule has 0 atom stereocenters. The third-order valence-corrected chi connectivity index (χ3v) is 1.26. The van der Waals surface area contributed by atoms with Crippen molar-refractivity contribution in [3.8, 4) is 0 Å². The lowest BCUT2D eigenvalue weighted by Gasteiger charge is -1.81. The molecule has 0 saturated heterocycles. The number of nitrogens with two attached hydrogens (primary N) is 1. The molecule has 1 nitrogen and oxygen atoms in total. The van der Waals surface area contributed by atoms with Gasteiger partial charge in [0.15, 0.2) is 0 Å². The number of rotatable bonds is 6. The summed E-state index contributed by atoms with van der Waals surface area (Å²) >= 11 is 0. The maximum absolute atomic E-state index is 5.31. The average molecular weight is 163 g/mol. The summed E-state index contributed by atoms with van der Waals surface area (Å²) in [5, 5.41) is 0. The van der Waals surface area contributed by atoms with Gasteiger partial charge in [-0.05, 0) is 19.4 Å². The minimum Gasteiger partial charge on any atom is -0.330 e. The van der Waals surface area contributed by atoms with Gasteiger partial charge in [0.25, 0.3) is 0 Å². The number of allylic oxidation sites excluding steroid dienone is 6. The second-order valence-electron chi connectivity index (χ2n) is 2.33. The first-order valence-corrected chi connectivity index (χ1v) is 4.21. The highest BCUT2D eigenvalue weighted by molar-refractivity contribution is 5.06. The van der Waals surface area contributed by atoms with Gasteiger partial charge in [0.05, 0.1) is 0 Å². The molecule has 0 unspecified atom stereocenters. The van der Waals surface area contributed by atoms with Crippen LogP contribution in [-0.4, -0.2) is 6.54 Å². The molecule has 2 N–H and O–H groups in total. The SMILES string of the molecule is C=C/C=C\C/C=C\C=C/CCN. The molecule has 12 heavy (non-hydrogen) atoms. The molecule has 0 aliphatic rings. The Hall–Kier alpha value is -1.08. The molecule has 0 rings (SSSR count). The van der Waals surface area contributed by atoms with Crippen molar-refractivity contribution in [3.63, 3.8) is 0 Å². The smallest absolute Gasteiger partial charge is 0.00425 e. The van der Waals surface area contributed by atoms with Crippen molar-refractivity contribution < 1.29 is 0 Å². The molecule has 1 heteroatoms. The van der Waals surface area contributed by atoms with Crippen LogP contribution in [0.25, 0.3) is 0 Å². The second-order valence-corrected chi connectivity index (χ2v) is 2.33. The van der Waals surface area contributed by atoms with E-state index in [9.17, 15) is 0 Å². The summed E-state index contributed by atoms with van der Waals surface area (Å²) in [4.78, 5) is 0. The van der Waals surface area contributed by atoms with Crippen LogP contribution in [0.5, 0.6) is 0 Å². The highest BCUT2D eigenvalue weighted by Crippen LogP contribution is 1.88. The van der Waals surface area contributed by atoms with Crippen LogP contribution in [0.3, 0.4) is 0 Å². The molecule has 0 amide bonds. The molecular weight excluding hydrogens is 146 g/mol. The van der Waals surface area contributed by atoms with Crippen molar-refractivity contribution in [3.05, 3.63) is 49.1 Å². The van der Waals surface area contributed by atoms with Crippen LogP contribution >= 0.6 is 0 Å². The highest BCUT2D eigenvalue weighted by Gasteiger charge is 1.70. The van der Waals surface area contributed by atoms with Crippen molar-refractivity contribution >= 4 is 0 Å². The molecule has 0 radical (unpaired) electrons. The fraction of sp³-hybridized carbons (Fsp3) is 0.273. The van der Waals surface area contributed by atoms with Gasteiger partial charge in [0.1, 0.15) is 0 Å². The van der Waals surface area contributed by atoms with E-state index in [-0.39, 0.29) is 0 Å². The van der Waals surface area contributed by atoms with Gasteiger partial charge in [-0.3, -0.25) is 0 Å². The molecule has 0 aromatic rings. The Morgan fingerprint density at radius 2 is 1.67 bits per heavy atom. The molecule has 0 saturated carbocycles. The molecule has 0 aromatic carbocycles. The Bertz CT molecular complexity index is 175. The lowest BCUT2D eigenvalue weighted by atomic mass is 10.3. The van der Waals surface area contributed by atoms with Gasteiger partial charge in [0, 0.05) is 0 Å². The molecule has 0 fully saturated rings. The maximum Gasteiger partial charge on any atom is -0.00425 e. The van der Waals surface area contributed by atoms with Crippen molar-refractivity contribution in [2.45, 2.75) is 12.8 Å². The zero-order valence-corrected chi connectivity index (χ0v) is 7.45. The molecular formula is C11H17N. The summed E-state index contributed by atoms with van der Waals surface area (Å²) in [5.41, 5.74) is 5.31.